The van der Waals surface area contributed by atoms with Crippen molar-refractivity contribution in [3.63, 3.8) is 0 Å². The summed E-state index contributed by atoms with van der Waals surface area (Å²) in [7, 11) is 0. The van der Waals surface area contributed by atoms with Crippen LogP contribution in [0.5, 0.6) is 0 Å². The Labute approximate surface area is 75.7 Å². The highest BCUT2D eigenvalue weighted by atomic mass is 16.5. The minimum absolute atomic E-state index is 0.349. The number of hydrogen-bond donors (Lipinski definition) is 2. The summed E-state index contributed by atoms with van der Waals surface area (Å²) in [6, 6.07) is 1.72. The predicted octanol–water partition coefficient (Wildman–Crippen LogP) is 1.12. The van der Waals surface area contributed by atoms with Crippen molar-refractivity contribution in [3.05, 3.63) is 11.8 Å². The lowest BCUT2D eigenvalue weighted by atomic mass is 10.2. The van der Waals surface area contributed by atoms with E-state index in [-0.39, 0.29) is 0 Å². The van der Waals surface area contributed by atoms with Gasteiger partial charge in [0.1, 0.15) is 5.76 Å². The summed E-state index contributed by atoms with van der Waals surface area (Å²) in [5.74, 6) is 0.0146. The van der Waals surface area contributed by atoms with Gasteiger partial charge in [-0.25, -0.2) is 0 Å². The second kappa shape index (κ2) is 3.93. The van der Waals surface area contributed by atoms with Crippen LogP contribution in [0.2, 0.25) is 0 Å². The van der Waals surface area contributed by atoms with Crippen LogP contribution in [0, 0.1) is 12.8 Å². The molecule has 2 N–H and O–H groups in total. The first-order valence-corrected chi connectivity index (χ1v) is 3.99. The van der Waals surface area contributed by atoms with E-state index in [1.165, 1.54) is 0 Å². The summed E-state index contributed by atoms with van der Waals surface area (Å²) < 4.78 is 4.80. The molecule has 0 fully saturated rings. The molecule has 0 aliphatic carbocycles. The summed E-state index contributed by atoms with van der Waals surface area (Å²) >= 11 is 0. The Balaban J connectivity index is 2.39. The Bertz CT molecular complexity index is 295. The minimum Gasteiger partial charge on any atom is -0.481 e. The van der Waals surface area contributed by atoms with Crippen molar-refractivity contribution >= 4 is 11.8 Å². The first-order valence-electron chi connectivity index (χ1n) is 3.99. The maximum atomic E-state index is 10.4. The molecule has 0 saturated heterocycles. The van der Waals surface area contributed by atoms with E-state index in [1.807, 2.05) is 0 Å². The molecule has 0 saturated carbocycles. The number of aliphatic carboxylic acids is 1. The number of nitrogens with zero attached hydrogens (tertiary/aromatic N) is 1. The maximum Gasteiger partial charge on any atom is 0.308 e. The van der Waals surface area contributed by atoms with Gasteiger partial charge in [0.15, 0.2) is 5.82 Å². The third-order valence-corrected chi connectivity index (χ3v) is 1.64. The van der Waals surface area contributed by atoms with Crippen LogP contribution in [0.4, 0.5) is 5.82 Å². The Morgan fingerprint density at radius 2 is 2.54 bits per heavy atom. The lowest BCUT2D eigenvalue weighted by molar-refractivity contribution is -0.140. The molecule has 1 aromatic rings. The Morgan fingerprint density at radius 1 is 1.85 bits per heavy atom. The zero-order valence-electron chi connectivity index (χ0n) is 7.57. The number of carboxylic acid groups (broad SMARTS) is 1. The largest absolute Gasteiger partial charge is 0.481 e. The van der Waals surface area contributed by atoms with Gasteiger partial charge in [-0.3, -0.25) is 4.79 Å². The first-order chi connectivity index (χ1) is 6.09. The fourth-order valence-corrected chi connectivity index (χ4v) is 0.795. The lowest BCUT2D eigenvalue weighted by Crippen LogP contribution is -2.19. The molecule has 5 heteroatoms. The first kappa shape index (κ1) is 9.57. The quantitative estimate of drug-likeness (QED) is 0.733. The van der Waals surface area contributed by atoms with Gasteiger partial charge in [-0.15, -0.1) is 0 Å². The van der Waals surface area contributed by atoms with Gasteiger partial charge in [0.25, 0.3) is 0 Å². The highest BCUT2D eigenvalue weighted by Crippen LogP contribution is 2.07. The highest BCUT2D eigenvalue weighted by Gasteiger charge is 2.10. The molecule has 0 amide bonds. The van der Waals surface area contributed by atoms with E-state index in [1.54, 1.807) is 19.9 Å². The standard InChI is InChI=1S/C8H12N2O3/c1-5(8(11)12)4-9-7-3-6(2)13-10-7/h3,5H,4H2,1-2H3,(H,9,10)(H,11,12). The second-order valence-corrected chi connectivity index (χ2v) is 2.94. The van der Waals surface area contributed by atoms with Gasteiger partial charge < -0.3 is 14.9 Å². The van der Waals surface area contributed by atoms with E-state index in [2.05, 4.69) is 10.5 Å². The zero-order chi connectivity index (χ0) is 9.84. The van der Waals surface area contributed by atoms with Crippen molar-refractivity contribution in [2.24, 2.45) is 5.92 Å². The van der Waals surface area contributed by atoms with E-state index < -0.39 is 11.9 Å². The van der Waals surface area contributed by atoms with Crippen LogP contribution in [0.15, 0.2) is 10.6 Å². The van der Waals surface area contributed by atoms with E-state index in [0.29, 0.717) is 18.1 Å². The lowest BCUT2D eigenvalue weighted by Gasteiger charge is -2.05. The number of hydrogen-bond acceptors (Lipinski definition) is 4. The average molecular weight is 184 g/mol. The van der Waals surface area contributed by atoms with Crippen molar-refractivity contribution in [2.75, 3.05) is 11.9 Å². The summed E-state index contributed by atoms with van der Waals surface area (Å²) in [6.07, 6.45) is 0. The van der Waals surface area contributed by atoms with Crippen LogP contribution in [-0.2, 0) is 4.79 Å². The van der Waals surface area contributed by atoms with Crippen molar-refractivity contribution < 1.29 is 14.4 Å². The molecule has 0 aromatic carbocycles. The predicted molar refractivity (Wildman–Crippen MR) is 46.5 cm³/mol. The van der Waals surface area contributed by atoms with Crippen LogP contribution in [0.3, 0.4) is 0 Å². The number of aryl methyl sites for hydroxylation is 1. The zero-order valence-corrected chi connectivity index (χ0v) is 7.57. The molecule has 0 aliphatic heterocycles. The number of rotatable bonds is 4. The summed E-state index contributed by atoms with van der Waals surface area (Å²) in [4.78, 5) is 10.4. The van der Waals surface area contributed by atoms with Crippen LogP contribution in [0.1, 0.15) is 12.7 Å². The molecular weight excluding hydrogens is 172 g/mol. The van der Waals surface area contributed by atoms with Crippen molar-refractivity contribution in [3.8, 4) is 0 Å². The normalized spacial score (nSPS) is 12.5. The monoisotopic (exact) mass is 184 g/mol. The van der Waals surface area contributed by atoms with E-state index >= 15 is 0 Å². The number of nitrogens with one attached hydrogen (secondary N) is 1. The minimum atomic E-state index is -0.826. The average Bonchev–Trinajstić information content (AvgIpc) is 2.47. The van der Waals surface area contributed by atoms with Crippen LogP contribution in [-0.4, -0.2) is 22.8 Å². The van der Waals surface area contributed by atoms with Gasteiger partial charge in [0.2, 0.25) is 0 Å². The third kappa shape index (κ3) is 2.77. The van der Waals surface area contributed by atoms with E-state index in [9.17, 15) is 4.79 Å². The molecule has 1 aromatic heterocycles. The van der Waals surface area contributed by atoms with Gasteiger partial charge in [-0.2, -0.15) is 0 Å². The third-order valence-electron chi connectivity index (χ3n) is 1.64. The topological polar surface area (TPSA) is 75.4 Å². The molecule has 72 valence electrons. The maximum absolute atomic E-state index is 10.4. The highest BCUT2D eigenvalue weighted by molar-refractivity contribution is 5.70. The summed E-state index contributed by atoms with van der Waals surface area (Å²) in [5, 5.41) is 15.1. The summed E-state index contributed by atoms with van der Waals surface area (Å²) in [6.45, 7) is 3.75. The molecule has 0 aliphatic rings. The van der Waals surface area contributed by atoms with Crippen LogP contribution >= 0.6 is 0 Å². The fraction of sp³-hybridized carbons (Fsp3) is 0.500. The summed E-state index contributed by atoms with van der Waals surface area (Å²) in [5.41, 5.74) is 0. The molecule has 0 bridgehead atoms. The van der Waals surface area contributed by atoms with Gasteiger partial charge >= 0.3 is 5.97 Å². The van der Waals surface area contributed by atoms with Gasteiger partial charge in [0, 0.05) is 12.6 Å². The molecule has 5 nitrogen and oxygen atoms in total. The molecule has 13 heavy (non-hydrogen) atoms. The van der Waals surface area contributed by atoms with E-state index in [4.69, 9.17) is 9.63 Å². The molecule has 1 unspecified atom stereocenters. The SMILES string of the molecule is Cc1cc(NCC(C)C(=O)O)no1. The molecule has 1 heterocycles. The van der Waals surface area contributed by atoms with Crippen LogP contribution in [0.25, 0.3) is 0 Å². The van der Waals surface area contributed by atoms with Gasteiger partial charge in [0.05, 0.1) is 5.92 Å². The molecule has 0 spiro atoms. The number of aromatic nitrogens is 1. The number of anilines is 1. The molecule has 1 atom stereocenters. The molecular formula is C8H12N2O3. The fourth-order valence-electron chi connectivity index (χ4n) is 0.795. The van der Waals surface area contributed by atoms with E-state index in [0.717, 1.165) is 0 Å². The van der Waals surface area contributed by atoms with Crippen molar-refractivity contribution in [1.82, 2.24) is 5.16 Å². The number of carboxylic acids is 1. The Hall–Kier alpha value is -1.52. The van der Waals surface area contributed by atoms with Gasteiger partial charge in [-0.1, -0.05) is 12.1 Å². The Kier molecular flexibility index (Phi) is 2.89. The van der Waals surface area contributed by atoms with Gasteiger partial charge in [-0.05, 0) is 6.92 Å². The molecule has 0 radical (unpaired) electrons. The van der Waals surface area contributed by atoms with Crippen molar-refractivity contribution in [2.45, 2.75) is 13.8 Å². The second-order valence-electron chi connectivity index (χ2n) is 2.94. The van der Waals surface area contributed by atoms with Crippen molar-refractivity contribution in [1.29, 1.82) is 0 Å². The Morgan fingerprint density at radius 3 is 3.00 bits per heavy atom. The molecule has 1 rings (SSSR count). The van der Waals surface area contributed by atoms with Crippen LogP contribution < -0.4 is 5.32 Å². The smallest absolute Gasteiger partial charge is 0.308 e. The number of carbonyl (C=O) groups is 1.